The van der Waals surface area contributed by atoms with Gasteiger partial charge in [0.1, 0.15) is 0 Å². The van der Waals surface area contributed by atoms with Crippen molar-refractivity contribution in [3.05, 3.63) is 11.6 Å². The Balaban J connectivity index is 1.67. The first kappa shape index (κ1) is 27.2. The van der Waals surface area contributed by atoms with Crippen LogP contribution in [0.5, 0.6) is 0 Å². The molecule has 0 bridgehead atoms. The van der Waals surface area contributed by atoms with Gasteiger partial charge in [0, 0.05) is 17.8 Å². The molecule has 0 radical (unpaired) electrons. The molecule has 0 saturated heterocycles. The average Bonchev–Trinajstić information content (AvgIpc) is 3.01. The lowest BCUT2D eigenvalue weighted by Gasteiger charge is -2.60. The number of rotatable bonds is 5. The van der Waals surface area contributed by atoms with Gasteiger partial charge < -0.3 is 35.7 Å². The summed E-state index contributed by atoms with van der Waals surface area (Å²) in [4.78, 5) is 13.3. The van der Waals surface area contributed by atoms with Gasteiger partial charge in [-0.25, -0.2) is 0 Å². The standard InChI is InChI=1S/C27H44O8/c1-23(2,33)21(31)12-22(32)26(5,34)20-7-9-27(35)15-10-17(28)16-11-18(29)19(30)13-24(16,3)14(15)6-8-25(20,27)4/h10,14,16,18-22,29-35H,6-9,11-13H2,1-5H3. The lowest BCUT2D eigenvalue weighted by Crippen LogP contribution is -2.63. The first-order chi connectivity index (χ1) is 15.9. The summed E-state index contributed by atoms with van der Waals surface area (Å²) in [5.74, 6) is -1.18. The third-order valence-corrected chi connectivity index (χ3v) is 10.8. The van der Waals surface area contributed by atoms with Crippen molar-refractivity contribution in [1.29, 1.82) is 0 Å². The summed E-state index contributed by atoms with van der Waals surface area (Å²) in [6.07, 6.45) is -0.617. The van der Waals surface area contributed by atoms with E-state index < -0.39 is 63.9 Å². The molecule has 11 atom stereocenters. The van der Waals surface area contributed by atoms with Crippen molar-refractivity contribution in [3.63, 3.8) is 0 Å². The summed E-state index contributed by atoms with van der Waals surface area (Å²) in [5.41, 5.74) is -5.18. The van der Waals surface area contributed by atoms with Gasteiger partial charge in [-0.05, 0) is 88.2 Å². The lowest BCUT2D eigenvalue weighted by atomic mass is 9.45. The van der Waals surface area contributed by atoms with Crippen molar-refractivity contribution in [2.45, 2.75) is 121 Å². The predicted octanol–water partition coefficient (Wildman–Crippen LogP) is 0.825. The van der Waals surface area contributed by atoms with E-state index in [0.29, 0.717) is 31.3 Å². The average molecular weight is 497 g/mol. The van der Waals surface area contributed by atoms with E-state index in [9.17, 15) is 40.5 Å². The highest BCUT2D eigenvalue weighted by Gasteiger charge is 2.69. The summed E-state index contributed by atoms with van der Waals surface area (Å²) in [6, 6.07) is 0. The molecular formula is C27H44O8. The van der Waals surface area contributed by atoms with Gasteiger partial charge >= 0.3 is 0 Å². The van der Waals surface area contributed by atoms with Crippen LogP contribution in [0.15, 0.2) is 11.6 Å². The Bertz CT molecular complexity index is 892. The van der Waals surface area contributed by atoms with E-state index in [1.807, 2.05) is 13.8 Å². The van der Waals surface area contributed by atoms with Gasteiger partial charge in [0.05, 0.1) is 41.2 Å². The van der Waals surface area contributed by atoms with Crippen molar-refractivity contribution in [1.82, 2.24) is 0 Å². The molecule has 4 aliphatic rings. The lowest BCUT2D eigenvalue weighted by molar-refractivity contribution is -0.183. The van der Waals surface area contributed by atoms with E-state index in [1.165, 1.54) is 20.8 Å². The van der Waals surface area contributed by atoms with Crippen LogP contribution in [-0.4, -0.2) is 82.7 Å². The minimum Gasteiger partial charge on any atom is -0.390 e. The van der Waals surface area contributed by atoms with Gasteiger partial charge in [-0.1, -0.05) is 13.8 Å². The molecule has 11 unspecified atom stereocenters. The largest absolute Gasteiger partial charge is 0.390 e. The Morgan fingerprint density at radius 3 is 2.23 bits per heavy atom. The molecule has 200 valence electrons. The first-order valence-corrected chi connectivity index (χ1v) is 13.0. The van der Waals surface area contributed by atoms with E-state index in [2.05, 4.69) is 0 Å². The topological polar surface area (TPSA) is 159 Å². The second-order valence-electron chi connectivity index (χ2n) is 13.2. The number of allylic oxidation sites excluding steroid dienone is 1. The van der Waals surface area contributed by atoms with Gasteiger partial charge in [-0.15, -0.1) is 0 Å². The molecule has 3 fully saturated rings. The second-order valence-corrected chi connectivity index (χ2v) is 13.2. The van der Waals surface area contributed by atoms with E-state index >= 15 is 0 Å². The fourth-order valence-electron chi connectivity index (χ4n) is 8.28. The molecule has 0 aromatic heterocycles. The third kappa shape index (κ3) is 3.87. The van der Waals surface area contributed by atoms with Gasteiger partial charge in [0.2, 0.25) is 0 Å². The van der Waals surface area contributed by atoms with Crippen molar-refractivity contribution >= 4 is 5.78 Å². The summed E-state index contributed by atoms with van der Waals surface area (Å²) in [6.45, 7) is 8.31. The molecule has 0 aliphatic heterocycles. The Hall–Kier alpha value is -0.870. The number of carbonyl (C=O) groups excluding carboxylic acids is 1. The van der Waals surface area contributed by atoms with E-state index in [4.69, 9.17) is 0 Å². The van der Waals surface area contributed by atoms with Crippen LogP contribution in [-0.2, 0) is 4.79 Å². The van der Waals surface area contributed by atoms with Crippen LogP contribution < -0.4 is 0 Å². The van der Waals surface area contributed by atoms with Crippen LogP contribution in [0.3, 0.4) is 0 Å². The van der Waals surface area contributed by atoms with Gasteiger partial charge in [0.15, 0.2) is 5.78 Å². The van der Waals surface area contributed by atoms with E-state index in [-0.39, 0.29) is 31.0 Å². The zero-order chi connectivity index (χ0) is 26.4. The fraction of sp³-hybridized carbons (Fsp3) is 0.889. The summed E-state index contributed by atoms with van der Waals surface area (Å²) >= 11 is 0. The number of carbonyl (C=O) groups is 1. The molecule has 8 heteroatoms. The second kappa shape index (κ2) is 8.32. The number of aliphatic hydroxyl groups excluding tert-OH is 4. The number of hydrogen-bond donors (Lipinski definition) is 7. The monoisotopic (exact) mass is 496 g/mol. The molecule has 8 nitrogen and oxygen atoms in total. The molecule has 0 spiro atoms. The van der Waals surface area contributed by atoms with Crippen molar-refractivity contribution in [3.8, 4) is 0 Å². The molecule has 35 heavy (non-hydrogen) atoms. The summed E-state index contributed by atoms with van der Waals surface area (Å²) in [7, 11) is 0. The molecule has 3 saturated carbocycles. The van der Waals surface area contributed by atoms with Crippen LogP contribution in [0.1, 0.15) is 79.6 Å². The SMILES string of the molecule is CC(C)(O)C(O)CC(O)C(C)(O)C1CCC2(O)C3=CC(=O)C4CC(O)C(O)CC4(C)C3CCC12C. The summed E-state index contributed by atoms with van der Waals surface area (Å²) < 4.78 is 0. The number of hydrogen-bond acceptors (Lipinski definition) is 8. The highest BCUT2D eigenvalue weighted by Crippen LogP contribution is 2.68. The smallest absolute Gasteiger partial charge is 0.159 e. The van der Waals surface area contributed by atoms with Crippen LogP contribution in [0.25, 0.3) is 0 Å². The van der Waals surface area contributed by atoms with Gasteiger partial charge in [-0.3, -0.25) is 4.79 Å². The maximum Gasteiger partial charge on any atom is 0.159 e. The van der Waals surface area contributed by atoms with Crippen LogP contribution >= 0.6 is 0 Å². The van der Waals surface area contributed by atoms with Gasteiger partial charge in [0.25, 0.3) is 0 Å². The van der Waals surface area contributed by atoms with Crippen LogP contribution in [0, 0.1) is 28.6 Å². The third-order valence-electron chi connectivity index (χ3n) is 10.8. The van der Waals surface area contributed by atoms with Crippen LogP contribution in [0.2, 0.25) is 0 Å². The molecule has 4 aliphatic carbocycles. The molecule has 0 heterocycles. The minimum atomic E-state index is -1.64. The van der Waals surface area contributed by atoms with E-state index in [1.54, 1.807) is 6.08 Å². The Kier molecular flexibility index (Phi) is 6.46. The Labute approximate surface area is 207 Å². The number of aliphatic hydroxyl groups is 7. The Morgan fingerprint density at radius 1 is 1.00 bits per heavy atom. The van der Waals surface area contributed by atoms with Crippen molar-refractivity contribution in [2.75, 3.05) is 0 Å². The minimum absolute atomic E-state index is 0.129. The molecule has 4 rings (SSSR count). The molecule has 0 aromatic carbocycles. The quantitative estimate of drug-likeness (QED) is 0.295. The molecule has 0 aromatic rings. The van der Waals surface area contributed by atoms with Crippen molar-refractivity contribution < 1.29 is 40.5 Å². The van der Waals surface area contributed by atoms with Gasteiger partial charge in [-0.2, -0.15) is 0 Å². The fourth-order valence-corrected chi connectivity index (χ4v) is 8.28. The predicted molar refractivity (Wildman–Crippen MR) is 128 cm³/mol. The highest BCUT2D eigenvalue weighted by atomic mass is 16.4. The maximum absolute atomic E-state index is 13.3. The molecule has 7 N–H and O–H groups in total. The van der Waals surface area contributed by atoms with Crippen molar-refractivity contribution in [2.24, 2.45) is 28.6 Å². The Morgan fingerprint density at radius 2 is 1.63 bits per heavy atom. The molecule has 0 amide bonds. The maximum atomic E-state index is 13.3. The number of fused-ring (bicyclic) bond motifs is 5. The zero-order valence-corrected chi connectivity index (χ0v) is 21.6. The van der Waals surface area contributed by atoms with E-state index in [0.717, 1.165) is 0 Å². The molecular weight excluding hydrogens is 452 g/mol. The first-order valence-electron chi connectivity index (χ1n) is 13.0. The highest BCUT2D eigenvalue weighted by molar-refractivity contribution is 5.95. The zero-order valence-electron chi connectivity index (χ0n) is 21.6. The number of ketones is 1. The van der Waals surface area contributed by atoms with Crippen LogP contribution in [0.4, 0.5) is 0 Å². The normalized spacial score (nSPS) is 47.1. The summed E-state index contributed by atoms with van der Waals surface area (Å²) in [5, 5.41) is 75.8.